The molecule has 1 atom stereocenters. The predicted octanol–water partition coefficient (Wildman–Crippen LogP) is 4.89. The van der Waals surface area contributed by atoms with Gasteiger partial charge in [0.05, 0.1) is 6.04 Å². The molecule has 0 bridgehead atoms. The first-order valence-corrected chi connectivity index (χ1v) is 8.47. The summed E-state index contributed by atoms with van der Waals surface area (Å²) in [6.07, 6.45) is 3.60. The summed E-state index contributed by atoms with van der Waals surface area (Å²) in [6.45, 7) is 0.821. The molecule has 0 radical (unpaired) electrons. The Labute approximate surface area is 150 Å². The van der Waals surface area contributed by atoms with E-state index in [4.69, 9.17) is 4.74 Å². The summed E-state index contributed by atoms with van der Waals surface area (Å²) in [5, 5.41) is 0. The fraction of sp³-hybridized carbons (Fsp3) is 0.200. The van der Waals surface area contributed by atoms with Crippen molar-refractivity contribution >= 4 is 5.95 Å². The zero-order valence-corrected chi connectivity index (χ0v) is 14.0. The number of hydrogen-bond donors (Lipinski definition) is 0. The van der Waals surface area contributed by atoms with Crippen molar-refractivity contribution in [2.75, 3.05) is 11.4 Å². The Kier molecular flexibility index (Phi) is 4.48. The van der Waals surface area contributed by atoms with E-state index in [1.54, 1.807) is 36.5 Å². The average Bonchev–Trinajstić information content (AvgIpc) is 3.14. The van der Waals surface area contributed by atoms with Crippen LogP contribution in [0, 0.1) is 11.6 Å². The van der Waals surface area contributed by atoms with E-state index >= 15 is 0 Å². The molecule has 0 spiro atoms. The molecule has 4 nitrogen and oxygen atoms in total. The molecule has 26 heavy (non-hydrogen) atoms. The molecule has 0 N–H and O–H groups in total. The minimum atomic E-state index is -0.320. The second-order valence-corrected chi connectivity index (χ2v) is 6.15. The van der Waals surface area contributed by atoms with Gasteiger partial charge in [-0.1, -0.05) is 12.1 Å². The van der Waals surface area contributed by atoms with Crippen LogP contribution in [0.15, 0.2) is 60.8 Å². The standard InChI is InChI=1S/C20H17F2N3O/c21-15-5-3-14(4-6-15)18-2-1-13-25(18)20-23-12-11-19(24-20)26-17-9-7-16(22)8-10-17/h3-12,18H,1-2,13H2. The van der Waals surface area contributed by atoms with E-state index in [0.29, 0.717) is 17.6 Å². The number of aromatic nitrogens is 2. The number of rotatable bonds is 4. The zero-order valence-electron chi connectivity index (χ0n) is 14.0. The lowest BCUT2D eigenvalue weighted by molar-refractivity contribution is 0.459. The Balaban J connectivity index is 1.57. The molecule has 1 aromatic heterocycles. The van der Waals surface area contributed by atoms with E-state index in [1.807, 2.05) is 0 Å². The van der Waals surface area contributed by atoms with E-state index in [9.17, 15) is 8.78 Å². The van der Waals surface area contributed by atoms with Crippen LogP contribution in [0.1, 0.15) is 24.4 Å². The van der Waals surface area contributed by atoms with Crippen LogP contribution in [0.4, 0.5) is 14.7 Å². The molecule has 4 rings (SSSR count). The van der Waals surface area contributed by atoms with Crippen LogP contribution >= 0.6 is 0 Å². The summed E-state index contributed by atoms with van der Waals surface area (Å²) in [5.74, 6) is 0.902. The van der Waals surface area contributed by atoms with Gasteiger partial charge in [-0.3, -0.25) is 0 Å². The SMILES string of the molecule is Fc1ccc(Oc2ccnc(N3CCCC3c3ccc(F)cc3)n2)cc1. The fourth-order valence-corrected chi connectivity index (χ4v) is 3.19. The molecular formula is C20H17F2N3O. The van der Waals surface area contributed by atoms with Gasteiger partial charge in [-0.15, -0.1) is 0 Å². The number of nitrogens with zero attached hydrogens (tertiary/aromatic N) is 3. The molecule has 1 aliphatic rings. The Morgan fingerprint density at radius 1 is 0.923 bits per heavy atom. The van der Waals surface area contributed by atoms with Crippen molar-refractivity contribution in [2.45, 2.75) is 18.9 Å². The van der Waals surface area contributed by atoms with Crippen LogP contribution in [0.5, 0.6) is 11.6 Å². The summed E-state index contributed by atoms with van der Waals surface area (Å²) in [5.41, 5.74) is 1.04. The molecule has 132 valence electrons. The van der Waals surface area contributed by atoms with Crippen molar-refractivity contribution < 1.29 is 13.5 Å². The molecule has 1 unspecified atom stereocenters. The van der Waals surface area contributed by atoms with Gasteiger partial charge in [0, 0.05) is 18.8 Å². The largest absolute Gasteiger partial charge is 0.439 e. The van der Waals surface area contributed by atoms with Crippen molar-refractivity contribution in [3.63, 3.8) is 0 Å². The maximum Gasteiger partial charge on any atom is 0.229 e. The van der Waals surface area contributed by atoms with E-state index in [0.717, 1.165) is 24.9 Å². The van der Waals surface area contributed by atoms with Gasteiger partial charge in [-0.2, -0.15) is 4.98 Å². The summed E-state index contributed by atoms with van der Waals surface area (Å²) in [7, 11) is 0. The third kappa shape index (κ3) is 3.49. The van der Waals surface area contributed by atoms with Gasteiger partial charge < -0.3 is 9.64 Å². The predicted molar refractivity (Wildman–Crippen MR) is 94.2 cm³/mol. The minimum absolute atomic E-state index is 0.108. The zero-order chi connectivity index (χ0) is 17.9. The monoisotopic (exact) mass is 353 g/mol. The van der Waals surface area contributed by atoms with Crippen LogP contribution in [0.25, 0.3) is 0 Å². The third-order valence-electron chi connectivity index (χ3n) is 4.42. The molecule has 0 amide bonds. The van der Waals surface area contributed by atoms with E-state index in [2.05, 4.69) is 14.9 Å². The Morgan fingerprint density at radius 3 is 2.35 bits per heavy atom. The van der Waals surface area contributed by atoms with Crippen molar-refractivity contribution in [2.24, 2.45) is 0 Å². The first kappa shape index (κ1) is 16.4. The van der Waals surface area contributed by atoms with Crippen LogP contribution in [-0.2, 0) is 0 Å². The number of halogens is 2. The minimum Gasteiger partial charge on any atom is -0.439 e. The fourth-order valence-electron chi connectivity index (χ4n) is 3.19. The van der Waals surface area contributed by atoms with Gasteiger partial charge in [0.15, 0.2) is 0 Å². The number of anilines is 1. The van der Waals surface area contributed by atoms with Gasteiger partial charge in [-0.25, -0.2) is 13.8 Å². The second kappa shape index (κ2) is 7.07. The van der Waals surface area contributed by atoms with Crippen LogP contribution in [0.2, 0.25) is 0 Å². The molecular weight excluding hydrogens is 336 g/mol. The quantitative estimate of drug-likeness (QED) is 0.669. The lowest BCUT2D eigenvalue weighted by Crippen LogP contribution is -2.24. The molecule has 0 aliphatic carbocycles. The summed E-state index contributed by atoms with van der Waals surface area (Å²) in [4.78, 5) is 11.0. The summed E-state index contributed by atoms with van der Waals surface area (Å²) in [6, 6.07) is 14.1. The molecule has 6 heteroatoms. The van der Waals surface area contributed by atoms with Gasteiger partial charge in [0.25, 0.3) is 0 Å². The normalized spacial score (nSPS) is 16.7. The first-order valence-electron chi connectivity index (χ1n) is 8.47. The highest BCUT2D eigenvalue weighted by atomic mass is 19.1. The van der Waals surface area contributed by atoms with Crippen LogP contribution < -0.4 is 9.64 Å². The van der Waals surface area contributed by atoms with Crippen molar-refractivity contribution in [3.8, 4) is 11.6 Å². The molecule has 1 saturated heterocycles. The molecule has 3 aromatic rings. The molecule has 1 aliphatic heterocycles. The molecule has 1 fully saturated rings. The van der Waals surface area contributed by atoms with Crippen molar-refractivity contribution in [3.05, 3.63) is 78.0 Å². The smallest absolute Gasteiger partial charge is 0.229 e. The van der Waals surface area contributed by atoms with Crippen molar-refractivity contribution in [1.82, 2.24) is 9.97 Å². The highest BCUT2D eigenvalue weighted by molar-refractivity contribution is 5.40. The van der Waals surface area contributed by atoms with Crippen LogP contribution in [0.3, 0.4) is 0 Å². The van der Waals surface area contributed by atoms with E-state index in [1.165, 1.54) is 24.3 Å². The number of hydrogen-bond acceptors (Lipinski definition) is 4. The summed E-state index contributed by atoms with van der Waals surface area (Å²) < 4.78 is 31.9. The second-order valence-electron chi connectivity index (χ2n) is 6.15. The lowest BCUT2D eigenvalue weighted by Gasteiger charge is -2.25. The Hall–Kier alpha value is -3.02. The van der Waals surface area contributed by atoms with Gasteiger partial charge in [0.1, 0.15) is 17.4 Å². The third-order valence-corrected chi connectivity index (χ3v) is 4.42. The highest BCUT2D eigenvalue weighted by Gasteiger charge is 2.28. The molecule has 0 saturated carbocycles. The average molecular weight is 353 g/mol. The maximum atomic E-state index is 13.2. The van der Waals surface area contributed by atoms with Crippen LogP contribution in [-0.4, -0.2) is 16.5 Å². The number of ether oxygens (including phenoxy) is 1. The van der Waals surface area contributed by atoms with Crippen molar-refractivity contribution in [1.29, 1.82) is 0 Å². The molecule has 2 aromatic carbocycles. The maximum absolute atomic E-state index is 13.2. The van der Waals surface area contributed by atoms with E-state index < -0.39 is 0 Å². The topological polar surface area (TPSA) is 38.2 Å². The Morgan fingerprint density at radius 2 is 1.62 bits per heavy atom. The molecule has 2 heterocycles. The van der Waals surface area contributed by atoms with E-state index in [-0.39, 0.29) is 17.7 Å². The van der Waals surface area contributed by atoms with Gasteiger partial charge in [0.2, 0.25) is 11.8 Å². The van der Waals surface area contributed by atoms with Gasteiger partial charge in [-0.05, 0) is 54.8 Å². The summed E-state index contributed by atoms with van der Waals surface area (Å²) >= 11 is 0. The lowest BCUT2D eigenvalue weighted by atomic mass is 10.0. The Bertz CT molecular complexity index is 884. The number of benzene rings is 2. The first-order chi connectivity index (χ1) is 12.7. The van der Waals surface area contributed by atoms with Gasteiger partial charge >= 0.3 is 0 Å². The highest BCUT2D eigenvalue weighted by Crippen LogP contribution is 2.35.